The number of unbranched alkanes of at least 4 members (excludes halogenated alkanes) is 1. The average Bonchev–Trinajstić information content (AvgIpc) is 2.65. The lowest BCUT2D eigenvalue weighted by molar-refractivity contribution is -0.239. The maximum absolute atomic E-state index is 12.2. The molecule has 6 heteroatoms. The molecule has 2 saturated heterocycles. The SMILES string of the molecule is C=CCCC[C@@H](C)C(O)C12NC(=O)[C@H](CCCl)[C@]1(C)OC2=O. The molecule has 0 aliphatic carbocycles. The first-order valence-electron chi connectivity index (χ1n) is 7.75. The van der Waals surface area contributed by atoms with Crippen LogP contribution in [0.15, 0.2) is 12.7 Å². The van der Waals surface area contributed by atoms with Gasteiger partial charge >= 0.3 is 5.97 Å². The quantitative estimate of drug-likeness (QED) is 0.308. The van der Waals surface area contributed by atoms with E-state index >= 15 is 0 Å². The zero-order chi connectivity index (χ0) is 16.5. The van der Waals surface area contributed by atoms with Crippen molar-refractivity contribution in [2.24, 2.45) is 11.8 Å². The number of amides is 1. The summed E-state index contributed by atoms with van der Waals surface area (Å²) in [5.41, 5.74) is -2.36. The first-order chi connectivity index (χ1) is 10.3. The molecular weight excluding hydrogens is 306 g/mol. The summed E-state index contributed by atoms with van der Waals surface area (Å²) in [7, 11) is 0. The van der Waals surface area contributed by atoms with Gasteiger partial charge in [0.25, 0.3) is 0 Å². The van der Waals surface area contributed by atoms with E-state index < -0.39 is 29.1 Å². The van der Waals surface area contributed by atoms with Crippen molar-refractivity contribution in [1.29, 1.82) is 0 Å². The van der Waals surface area contributed by atoms with Gasteiger partial charge in [0.05, 0.1) is 12.0 Å². The smallest absolute Gasteiger partial charge is 0.339 e. The van der Waals surface area contributed by atoms with E-state index in [0.29, 0.717) is 12.3 Å². The Morgan fingerprint density at radius 2 is 2.23 bits per heavy atom. The van der Waals surface area contributed by atoms with E-state index in [-0.39, 0.29) is 11.8 Å². The molecular formula is C16H24ClNO4. The Bertz CT molecular complexity index is 483. The molecule has 1 amide bonds. The zero-order valence-corrected chi connectivity index (χ0v) is 13.9. The van der Waals surface area contributed by atoms with Crippen molar-refractivity contribution in [2.75, 3.05) is 5.88 Å². The van der Waals surface area contributed by atoms with Crippen LogP contribution in [0.2, 0.25) is 0 Å². The second-order valence-electron chi connectivity index (χ2n) is 6.47. The van der Waals surface area contributed by atoms with Crippen LogP contribution < -0.4 is 5.32 Å². The van der Waals surface area contributed by atoms with Crippen molar-refractivity contribution >= 4 is 23.5 Å². The third-order valence-corrected chi connectivity index (χ3v) is 5.38. The third kappa shape index (κ3) is 2.26. The number of hydrogen-bond acceptors (Lipinski definition) is 4. The molecule has 5 atom stereocenters. The number of allylic oxidation sites excluding steroid dienone is 1. The molecule has 2 aliphatic heterocycles. The van der Waals surface area contributed by atoms with E-state index in [1.807, 2.05) is 13.0 Å². The normalized spacial score (nSPS) is 35.9. The summed E-state index contributed by atoms with van der Waals surface area (Å²) in [5.74, 6) is -1.18. The van der Waals surface area contributed by atoms with E-state index in [1.165, 1.54) is 0 Å². The lowest BCUT2D eigenvalue weighted by Gasteiger charge is -2.54. The van der Waals surface area contributed by atoms with Gasteiger partial charge in [0, 0.05) is 5.88 Å². The highest BCUT2D eigenvalue weighted by molar-refractivity contribution is 6.18. The summed E-state index contributed by atoms with van der Waals surface area (Å²) in [4.78, 5) is 24.4. The number of esters is 1. The highest BCUT2D eigenvalue weighted by Crippen LogP contribution is 2.53. The minimum Gasteiger partial charge on any atom is -0.453 e. The number of aliphatic hydroxyl groups excluding tert-OH is 1. The minimum atomic E-state index is -1.34. The molecule has 0 bridgehead atoms. The Morgan fingerprint density at radius 1 is 1.55 bits per heavy atom. The van der Waals surface area contributed by atoms with Gasteiger partial charge in [-0.05, 0) is 38.5 Å². The number of fused-ring (bicyclic) bond motifs is 1. The number of alkyl halides is 1. The van der Waals surface area contributed by atoms with E-state index in [9.17, 15) is 14.7 Å². The van der Waals surface area contributed by atoms with Gasteiger partial charge in [-0.25, -0.2) is 4.79 Å². The van der Waals surface area contributed by atoms with Gasteiger partial charge in [0.1, 0.15) is 0 Å². The van der Waals surface area contributed by atoms with Crippen LogP contribution in [0.25, 0.3) is 0 Å². The molecule has 0 aromatic carbocycles. The molecule has 0 saturated carbocycles. The summed E-state index contributed by atoms with van der Waals surface area (Å²) in [6, 6.07) is 0. The zero-order valence-electron chi connectivity index (χ0n) is 13.1. The maximum atomic E-state index is 12.2. The molecule has 0 aromatic heterocycles. The van der Waals surface area contributed by atoms with Gasteiger partial charge in [-0.3, -0.25) is 4.79 Å². The highest BCUT2D eigenvalue weighted by Gasteiger charge is 2.79. The van der Waals surface area contributed by atoms with Gasteiger partial charge in [-0.2, -0.15) is 0 Å². The molecule has 2 fully saturated rings. The third-order valence-electron chi connectivity index (χ3n) is 5.16. The Hall–Kier alpha value is -1.07. The van der Waals surface area contributed by atoms with Gasteiger partial charge in [-0.15, -0.1) is 18.2 Å². The molecule has 0 aromatic rings. The number of hydrogen-bond donors (Lipinski definition) is 2. The Kier molecular flexibility index (Phi) is 4.87. The minimum absolute atomic E-state index is 0.137. The molecule has 0 spiro atoms. The molecule has 0 radical (unpaired) electrons. The van der Waals surface area contributed by atoms with Gasteiger partial charge in [0.2, 0.25) is 11.4 Å². The first-order valence-corrected chi connectivity index (χ1v) is 8.29. The van der Waals surface area contributed by atoms with Crippen molar-refractivity contribution in [3.05, 3.63) is 12.7 Å². The van der Waals surface area contributed by atoms with Crippen LogP contribution in [-0.4, -0.2) is 40.1 Å². The largest absolute Gasteiger partial charge is 0.453 e. The summed E-state index contributed by atoms with van der Waals surface area (Å²) in [6.07, 6.45) is 3.74. The Balaban J connectivity index is 2.21. The number of carbonyl (C=O) groups excluding carboxylic acids is 2. The molecule has 5 nitrogen and oxygen atoms in total. The second-order valence-corrected chi connectivity index (χ2v) is 6.84. The average molecular weight is 330 g/mol. The molecule has 124 valence electrons. The molecule has 2 N–H and O–H groups in total. The standard InChI is InChI=1S/C16H24ClNO4/c1-4-5-6-7-10(2)12(19)16-14(21)22-15(16,3)11(8-9-17)13(20)18-16/h4,10-12,19H,1,5-9H2,2-3H3,(H,18,20)/t10-,11+,12?,15+,16?/m1/s1. The molecule has 2 aliphatic rings. The van der Waals surface area contributed by atoms with Crippen LogP contribution in [0.3, 0.4) is 0 Å². The van der Waals surface area contributed by atoms with Gasteiger partial charge in [-0.1, -0.05) is 13.0 Å². The topological polar surface area (TPSA) is 75.6 Å². The predicted octanol–water partition coefficient (Wildman–Crippen LogP) is 1.77. The molecule has 2 unspecified atom stereocenters. The molecule has 22 heavy (non-hydrogen) atoms. The highest BCUT2D eigenvalue weighted by atomic mass is 35.5. The lowest BCUT2D eigenvalue weighted by Crippen LogP contribution is -2.80. The maximum Gasteiger partial charge on any atom is 0.339 e. The first kappa shape index (κ1) is 17.3. The second kappa shape index (κ2) is 6.20. The van der Waals surface area contributed by atoms with Crippen LogP contribution in [0.1, 0.15) is 39.5 Å². The number of halogens is 1. The Morgan fingerprint density at radius 3 is 2.77 bits per heavy atom. The molecule has 2 rings (SSSR count). The fourth-order valence-electron chi connectivity index (χ4n) is 3.74. The number of carbonyl (C=O) groups is 2. The van der Waals surface area contributed by atoms with Crippen LogP contribution in [0.5, 0.6) is 0 Å². The number of nitrogens with one attached hydrogen (secondary N) is 1. The lowest BCUT2D eigenvalue weighted by atomic mass is 9.65. The van der Waals surface area contributed by atoms with Gasteiger partial charge in [0.15, 0.2) is 5.60 Å². The van der Waals surface area contributed by atoms with Crippen molar-refractivity contribution in [3.8, 4) is 0 Å². The predicted molar refractivity (Wildman–Crippen MR) is 83.4 cm³/mol. The number of rotatable bonds is 8. The molecule has 2 heterocycles. The fraction of sp³-hybridized carbons (Fsp3) is 0.750. The van der Waals surface area contributed by atoms with E-state index in [0.717, 1.165) is 19.3 Å². The van der Waals surface area contributed by atoms with Gasteiger partial charge < -0.3 is 15.2 Å². The summed E-state index contributed by atoms with van der Waals surface area (Å²) in [5, 5.41) is 13.5. The van der Waals surface area contributed by atoms with Crippen LogP contribution >= 0.6 is 11.6 Å². The number of ether oxygens (including phenoxy) is 1. The summed E-state index contributed by atoms with van der Waals surface area (Å²) < 4.78 is 5.33. The van der Waals surface area contributed by atoms with Crippen molar-refractivity contribution in [2.45, 2.75) is 56.8 Å². The van der Waals surface area contributed by atoms with Crippen LogP contribution in [0.4, 0.5) is 0 Å². The van der Waals surface area contributed by atoms with Crippen molar-refractivity contribution < 1.29 is 19.4 Å². The fourth-order valence-corrected chi connectivity index (χ4v) is 3.95. The number of aliphatic hydroxyl groups is 1. The van der Waals surface area contributed by atoms with Crippen LogP contribution in [0, 0.1) is 11.8 Å². The summed E-state index contributed by atoms with van der Waals surface area (Å²) in [6.45, 7) is 7.27. The van der Waals surface area contributed by atoms with Crippen LogP contribution in [-0.2, 0) is 14.3 Å². The summed E-state index contributed by atoms with van der Waals surface area (Å²) >= 11 is 5.76. The van der Waals surface area contributed by atoms with E-state index in [2.05, 4.69) is 11.9 Å². The monoisotopic (exact) mass is 329 g/mol. The van der Waals surface area contributed by atoms with E-state index in [1.54, 1.807) is 6.92 Å². The van der Waals surface area contributed by atoms with E-state index in [4.69, 9.17) is 16.3 Å². The Labute approximate surface area is 136 Å². The van der Waals surface area contributed by atoms with Crippen molar-refractivity contribution in [3.63, 3.8) is 0 Å². The van der Waals surface area contributed by atoms with Crippen molar-refractivity contribution in [1.82, 2.24) is 5.32 Å².